The number of nitriles is 1. The second kappa shape index (κ2) is 7.10. The van der Waals surface area contributed by atoms with Gasteiger partial charge in [-0.05, 0) is 17.5 Å². The van der Waals surface area contributed by atoms with Crippen molar-refractivity contribution < 1.29 is 14.3 Å². The first-order valence-electron chi connectivity index (χ1n) is 8.62. The van der Waals surface area contributed by atoms with Crippen LogP contribution in [0.2, 0.25) is 0 Å². The molecule has 2 aliphatic heterocycles. The molecule has 2 aromatic rings. The zero-order valence-corrected chi connectivity index (χ0v) is 14.2. The van der Waals surface area contributed by atoms with E-state index in [9.17, 15) is 4.79 Å². The summed E-state index contributed by atoms with van der Waals surface area (Å²) in [4.78, 5) is 22.7. The Kier molecular flexibility index (Phi) is 4.50. The van der Waals surface area contributed by atoms with Gasteiger partial charge in [0, 0.05) is 25.4 Å². The van der Waals surface area contributed by atoms with Crippen LogP contribution in [0.4, 0.5) is 0 Å². The summed E-state index contributed by atoms with van der Waals surface area (Å²) in [5, 5.41) is 9.08. The molecular formula is C19H18N4O3. The van der Waals surface area contributed by atoms with Gasteiger partial charge in [-0.25, -0.2) is 9.97 Å². The molecule has 7 nitrogen and oxygen atoms in total. The molecule has 0 aliphatic carbocycles. The van der Waals surface area contributed by atoms with E-state index in [4.69, 9.17) is 14.7 Å². The van der Waals surface area contributed by atoms with Gasteiger partial charge in [-0.1, -0.05) is 24.3 Å². The molecule has 1 fully saturated rings. The van der Waals surface area contributed by atoms with Crippen molar-refractivity contribution in [2.45, 2.75) is 25.0 Å². The number of rotatable bonds is 3. The third-order valence-electron chi connectivity index (χ3n) is 4.72. The molecule has 0 unspecified atom stereocenters. The van der Waals surface area contributed by atoms with Gasteiger partial charge in [0.05, 0.1) is 13.2 Å². The summed E-state index contributed by atoms with van der Waals surface area (Å²) in [7, 11) is 0. The third kappa shape index (κ3) is 3.11. The van der Waals surface area contributed by atoms with Crippen LogP contribution in [0, 0.1) is 11.3 Å². The maximum atomic E-state index is 12.9. The number of carbonyl (C=O) groups excluding carboxylic acids is 1. The van der Waals surface area contributed by atoms with Crippen LogP contribution in [-0.2, 0) is 16.0 Å². The number of aromatic nitrogens is 2. The number of carbonyl (C=O) groups is 1. The molecule has 0 N–H and O–H groups in total. The summed E-state index contributed by atoms with van der Waals surface area (Å²) in [6.45, 7) is 1.59. The number of likely N-dealkylation sites (tertiary alicyclic amines) is 1. The summed E-state index contributed by atoms with van der Waals surface area (Å²) in [5.74, 6) is 0.177. The van der Waals surface area contributed by atoms with E-state index in [0.717, 1.165) is 12.0 Å². The van der Waals surface area contributed by atoms with Gasteiger partial charge < -0.3 is 14.4 Å². The van der Waals surface area contributed by atoms with Gasteiger partial charge in [0.2, 0.25) is 5.69 Å². The standard InChI is InChI=1S/C19H18N4O3/c20-11-16-18(22-8-7-21-16)26-14-5-9-23(12-14)19(24)17-15-4-2-1-3-13(15)6-10-25-17/h1-4,7-8,14,17H,5-6,9-10,12H2/t14-,17-/m0/s1. The lowest BCUT2D eigenvalue weighted by atomic mass is 9.97. The number of hydrogen-bond donors (Lipinski definition) is 0. The Morgan fingerprint density at radius 1 is 1.31 bits per heavy atom. The van der Waals surface area contributed by atoms with Crippen molar-refractivity contribution in [3.63, 3.8) is 0 Å². The lowest BCUT2D eigenvalue weighted by molar-refractivity contribution is -0.144. The second-order valence-corrected chi connectivity index (χ2v) is 6.33. The molecular weight excluding hydrogens is 332 g/mol. The Hall–Kier alpha value is -2.98. The predicted molar refractivity (Wildman–Crippen MR) is 91.2 cm³/mol. The van der Waals surface area contributed by atoms with Gasteiger partial charge >= 0.3 is 0 Å². The molecule has 1 amide bonds. The van der Waals surface area contributed by atoms with Crippen molar-refractivity contribution in [3.05, 3.63) is 53.5 Å². The fraction of sp³-hybridized carbons (Fsp3) is 0.368. The Morgan fingerprint density at radius 2 is 2.15 bits per heavy atom. The molecule has 26 heavy (non-hydrogen) atoms. The minimum atomic E-state index is -0.551. The van der Waals surface area contributed by atoms with E-state index in [0.29, 0.717) is 26.1 Å². The lowest BCUT2D eigenvalue weighted by Crippen LogP contribution is -2.37. The van der Waals surface area contributed by atoms with E-state index in [1.54, 1.807) is 4.90 Å². The summed E-state index contributed by atoms with van der Waals surface area (Å²) >= 11 is 0. The van der Waals surface area contributed by atoms with Crippen molar-refractivity contribution in [2.24, 2.45) is 0 Å². The van der Waals surface area contributed by atoms with Crippen molar-refractivity contribution in [3.8, 4) is 11.9 Å². The fourth-order valence-electron chi connectivity index (χ4n) is 3.43. The highest BCUT2D eigenvalue weighted by molar-refractivity contribution is 5.83. The van der Waals surface area contributed by atoms with Gasteiger partial charge in [0.25, 0.3) is 11.8 Å². The van der Waals surface area contributed by atoms with Gasteiger partial charge in [0.15, 0.2) is 6.10 Å². The maximum Gasteiger partial charge on any atom is 0.256 e. The van der Waals surface area contributed by atoms with Crippen LogP contribution in [0.1, 0.15) is 29.3 Å². The third-order valence-corrected chi connectivity index (χ3v) is 4.72. The number of hydrogen-bond acceptors (Lipinski definition) is 6. The van der Waals surface area contributed by atoms with E-state index in [-0.39, 0.29) is 23.6 Å². The number of benzene rings is 1. The minimum absolute atomic E-state index is 0.0390. The first-order valence-corrected chi connectivity index (χ1v) is 8.62. The Labute approximate surface area is 151 Å². The minimum Gasteiger partial charge on any atom is -0.470 e. The number of nitrogens with zero attached hydrogens (tertiary/aromatic N) is 4. The van der Waals surface area contributed by atoms with Crippen LogP contribution in [0.25, 0.3) is 0 Å². The largest absolute Gasteiger partial charge is 0.470 e. The fourth-order valence-corrected chi connectivity index (χ4v) is 3.43. The molecule has 132 valence electrons. The van der Waals surface area contributed by atoms with Crippen molar-refractivity contribution in [1.29, 1.82) is 5.26 Å². The molecule has 1 aromatic carbocycles. The number of fused-ring (bicyclic) bond motifs is 1. The van der Waals surface area contributed by atoms with Crippen molar-refractivity contribution in [2.75, 3.05) is 19.7 Å². The van der Waals surface area contributed by atoms with Crippen LogP contribution in [-0.4, -0.2) is 46.6 Å². The van der Waals surface area contributed by atoms with Crippen LogP contribution < -0.4 is 4.74 Å². The molecule has 7 heteroatoms. The van der Waals surface area contributed by atoms with Gasteiger partial charge in [-0.15, -0.1) is 0 Å². The first-order chi connectivity index (χ1) is 12.8. The molecule has 3 heterocycles. The van der Waals surface area contributed by atoms with Crippen LogP contribution >= 0.6 is 0 Å². The molecule has 0 spiro atoms. The van der Waals surface area contributed by atoms with Gasteiger partial charge in [0.1, 0.15) is 12.2 Å². The second-order valence-electron chi connectivity index (χ2n) is 6.33. The number of ether oxygens (including phenoxy) is 2. The van der Waals surface area contributed by atoms with E-state index < -0.39 is 6.10 Å². The molecule has 1 saturated heterocycles. The molecule has 2 atom stereocenters. The molecule has 0 bridgehead atoms. The Morgan fingerprint density at radius 3 is 3.04 bits per heavy atom. The van der Waals surface area contributed by atoms with E-state index >= 15 is 0 Å². The van der Waals surface area contributed by atoms with E-state index in [2.05, 4.69) is 9.97 Å². The highest BCUT2D eigenvalue weighted by Gasteiger charge is 2.35. The quantitative estimate of drug-likeness (QED) is 0.836. The number of amides is 1. The maximum absolute atomic E-state index is 12.9. The van der Waals surface area contributed by atoms with E-state index in [1.807, 2.05) is 30.3 Å². The monoisotopic (exact) mass is 350 g/mol. The molecule has 4 rings (SSSR count). The smallest absolute Gasteiger partial charge is 0.256 e. The Bertz CT molecular complexity index is 864. The normalized spacial score (nSPS) is 21.7. The topological polar surface area (TPSA) is 88.3 Å². The molecule has 0 saturated carbocycles. The summed E-state index contributed by atoms with van der Waals surface area (Å²) in [6.07, 6.45) is 3.69. The zero-order valence-electron chi connectivity index (χ0n) is 14.2. The van der Waals surface area contributed by atoms with Crippen LogP contribution in [0.15, 0.2) is 36.7 Å². The average Bonchev–Trinajstić information content (AvgIpc) is 3.16. The van der Waals surface area contributed by atoms with Crippen molar-refractivity contribution in [1.82, 2.24) is 14.9 Å². The SMILES string of the molecule is N#Cc1nccnc1O[C@H]1CCN(C(=O)[C@H]2OCCc3ccccc32)C1. The van der Waals surface area contributed by atoms with E-state index in [1.165, 1.54) is 18.0 Å². The summed E-state index contributed by atoms with van der Waals surface area (Å²) in [5.41, 5.74) is 2.28. The average molecular weight is 350 g/mol. The zero-order chi connectivity index (χ0) is 17.9. The molecule has 2 aliphatic rings. The molecule has 1 aromatic heterocycles. The van der Waals surface area contributed by atoms with Gasteiger partial charge in [-0.3, -0.25) is 4.79 Å². The lowest BCUT2D eigenvalue weighted by Gasteiger charge is -2.28. The van der Waals surface area contributed by atoms with Crippen molar-refractivity contribution >= 4 is 5.91 Å². The van der Waals surface area contributed by atoms with Gasteiger partial charge in [-0.2, -0.15) is 5.26 Å². The first kappa shape index (κ1) is 16.5. The highest BCUT2D eigenvalue weighted by atomic mass is 16.5. The Balaban J connectivity index is 1.45. The summed E-state index contributed by atoms with van der Waals surface area (Å²) < 4.78 is 11.6. The highest BCUT2D eigenvalue weighted by Crippen LogP contribution is 2.30. The summed E-state index contributed by atoms with van der Waals surface area (Å²) in [6, 6.07) is 9.89. The van der Waals surface area contributed by atoms with Crippen LogP contribution in [0.5, 0.6) is 5.88 Å². The van der Waals surface area contributed by atoms with Crippen LogP contribution in [0.3, 0.4) is 0 Å². The molecule has 0 radical (unpaired) electrons. The predicted octanol–water partition coefficient (Wildman–Crippen LogP) is 1.64.